The van der Waals surface area contributed by atoms with E-state index in [-0.39, 0.29) is 23.3 Å². The minimum Gasteiger partial charge on any atom is -0.479 e. The van der Waals surface area contributed by atoms with E-state index in [4.69, 9.17) is 14.6 Å². The van der Waals surface area contributed by atoms with Gasteiger partial charge in [-0.1, -0.05) is 12.1 Å². The first-order valence-electron chi connectivity index (χ1n) is 11.6. The van der Waals surface area contributed by atoms with Crippen molar-refractivity contribution in [1.29, 1.82) is 0 Å². The largest absolute Gasteiger partial charge is 0.479 e. The fraction of sp³-hybridized carbons (Fsp3) is 0.600. The molecule has 3 aliphatic rings. The highest BCUT2D eigenvalue weighted by Crippen LogP contribution is 2.49. The third kappa shape index (κ3) is 3.29. The molecule has 172 valence electrons. The van der Waals surface area contributed by atoms with Gasteiger partial charge in [0, 0.05) is 42.0 Å². The molecule has 5 rings (SSSR count). The number of ether oxygens (including phenoxy) is 2. The van der Waals surface area contributed by atoms with Crippen LogP contribution >= 0.6 is 0 Å². The molecule has 2 fully saturated rings. The van der Waals surface area contributed by atoms with Gasteiger partial charge in [-0.15, -0.1) is 0 Å². The van der Waals surface area contributed by atoms with E-state index in [1.807, 2.05) is 43.9 Å². The summed E-state index contributed by atoms with van der Waals surface area (Å²) in [6, 6.07) is 8.41. The number of fused-ring (bicyclic) bond motifs is 4. The van der Waals surface area contributed by atoms with Gasteiger partial charge < -0.3 is 19.7 Å². The molecule has 1 unspecified atom stereocenters. The van der Waals surface area contributed by atoms with Crippen LogP contribution in [-0.2, 0) is 10.3 Å². The third-order valence-corrected chi connectivity index (χ3v) is 6.99. The molecule has 1 spiro atoms. The zero-order valence-electron chi connectivity index (χ0n) is 20.0. The summed E-state index contributed by atoms with van der Waals surface area (Å²) in [5.41, 5.74) is 3.32. The Bertz CT molecular complexity index is 1060. The molecule has 3 aliphatic heterocycles. The van der Waals surface area contributed by atoms with Crippen LogP contribution in [0.15, 0.2) is 24.3 Å². The second-order valence-corrected chi connectivity index (χ2v) is 11.0. The summed E-state index contributed by atoms with van der Waals surface area (Å²) < 4.78 is 14.4. The predicted octanol–water partition coefficient (Wildman–Crippen LogP) is 4.40. The number of carbonyl (C=O) groups excluding carboxylic acids is 1. The number of amides is 1. The van der Waals surface area contributed by atoms with Gasteiger partial charge in [-0.05, 0) is 66.5 Å². The number of hydrogen-bond donors (Lipinski definition) is 1. The van der Waals surface area contributed by atoms with Gasteiger partial charge in [0.1, 0.15) is 17.0 Å². The first-order chi connectivity index (χ1) is 15.0. The second kappa shape index (κ2) is 6.98. The Hall–Kier alpha value is -2.54. The lowest BCUT2D eigenvalue weighted by molar-refractivity contribution is -0.0145. The van der Waals surface area contributed by atoms with Gasteiger partial charge in [-0.25, -0.2) is 4.79 Å². The maximum absolute atomic E-state index is 12.8. The number of carbonyl (C=O) groups is 1. The van der Waals surface area contributed by atoms with E-state index in [2.05, 4.69) is 36.8 Å². The van der Waals surface area contributed by atoms with Crippen molar-refractivity contribution in [3.63, 3.8) is 0 Å². The van der Waals surface area contributed by atoms with E-state index in [1.54, 1.807) is 0 Å². The summed E-state index contributed by atoms with van der Waals surface area (Å²) in [5, 5.41) is 8.55. The normalized spacial score (nSPS) is 23.1. The van der Waals surface area contributed by atoms with Gasteiger partial charge in [-0.2, -0.15) is 5.10 Å². The van der Waals surface area contributed by atoms with E-state index in [9.17, 15) is 4.79 Å². The highest BCUT2D eigenvalue weighted by molar-refractivity contribution is 5.75. The van der Waals surface area contributed by atoms with Gasteiger partial charge >= 0.3 is 6.09 Å². The number of likely N-dealkylation sites (tertiary alicyclic amines) is 1. The van der Waals surface area contributed by atoms with E-state index < -0.39 is 5.60 Å². The maximum atomic E-state index is 12.8. The molecule has 7 heteroatoms. The number of rotatable bonds is 1. The van der Waals surface area contributed by atoms with Crippen molar-refractivity contribution in [1.82, 2.24) is 20.0 Å². The van der Waals surface area contributed by atoms with Gasteiger partial charge in [0.2, 0.25) is 0 Å². The van der Waals surface area contributed by atoms with E-state index in [1.165, 1.54) is 11.3 Å². The van der Waals surface area contributed by atoms with Crippen molar-refractivity contribution in [2.24, 2.45) is 0 Å². The van der Waals surface area contributed by atoms with Crippen LogP contribution in [0.3, 0.4) is 0 Å². The zero-order chi connectivity index (χ0) is 22.9. The fourth-order valence-electron chi connectivity index (χ4n) is 5.46. The van der Waals surface area contributed by atoms with E-state index >= 15 is 0 Å². The summed E-state index contributed by atoms with van der Waals surface area (Å²) in [5.74, 6) is 0.909. The van der Waals surface area contributed by atoms with Crippen LogP contribution in [0.5, 0.6) is 5.75 Å². The zero-order valence-corrected chi connectivity index (χ0v) is 20.0. The van der Waals surface area contributed by atoms with Crippen LogP contribution < -0.4 is 10.1 Å². The predicted molar refractivity (Wildman–Crippen MR) is 123 cm³/mol. The average Bonchev–Trinajstić information content (AvgIpc) is 3.02. The van der Waals surface area contributed by atoms with Gasteiger partial charge in [-0.3, -0.25) is 4.68 Å². The Kier molecular flexibility index (Phi) is 4.65. The van der Waals surface area contributed by atoms with Crippen LogP contribution in [0, 0.1) is 6.92 Å². The average molecular weight is 439 g/mol. The number of aromatic nitrogens is 2. The van der Waals surface area contributed by atoms with Crippen molar-refractivity contribution in [3.05, 3.63) is 35.5 Å². The number of hydrogen-bond acceptors (Lipinski definition) is 5. The van der Waals surface area contributed by atoms with Crippen molar-refractivity contribution in [3.8, 4) is 17.0 Å². The van der Waals surface area contributed by atoms with Crippen LogP contribution in [0.25, 0.3) is 11.3 Å². The van der Waals surface area contributed by atoms with Crippen LogP contribution in [-0.4, -0.2) is 51.5 Å². The third-order valence-electron chi connectivity index (χ3n) is 6.99. The molecule has 7 nitrogen and oxygen atoms in total. The minimum absolute atomic E-state index is 0.214. The standard InChI is InChI=1S/C25H34N4O3/c1-16-20-21(18-9-7-8-10-19(18)31-25(20)14-26-15-25)27-29(16)17-11-12-28(24(5,6)13-17)22(30)32-23(2,3)4/h7-10,17,26H,11-15H2,1-6H3. The lowest BCUT2D eigenvalue weighted by Crippen LogP contribution is -2.61. The number of benzene rings is 1. The smallest absolute Gasteiger partial charge is 0.410 e. The molecule has 2 saturated heterocycles. The van der Waals surface area contributed by atoms with Crippen molar-refractivity contribution < 1.29 is 14.3 Å². The molecule has 0 saturated carbocycles. The number of para-hydroxylation sites is 1. The van der Waals surface area contributed by atoms with Gasteiger partial charge in [0.05, 0.1) is 6.04 Å². The van der Waals surface area contributed by atoms with Gasteiger partial charge in [0.15, 0.2) is 5.60 Å². The number of nitrogens with one attached hydrogen (secondary N) is 1. The molecule has 0 aliphatic carbocycles. The molecular weight excluding hydrogens is 404 g/mol. The molecule has 1 aromatic heterocycles. The summed E-state index contributed by atoms with van der Waals surface area (Å²) in [4.78, 5) is 14.7. The van der Waals surface area contributed by atoms with E-state index in [0.29, 0.717) is 6.54 Å². The summed E-state index contributed by atoms with van der Waals surface area (Å²) in [6.07, 6.45) is 1.43. The highest BCUT2D eigenvalue weighted by atomic mass is 16.6. The SMILES string of the molecule is Cc1c2c(nn1C1CCN(C(=O)OC(C)(C)C)C(C)(C)C1)-c1ccccc1OC21CNC1. The number of piperidine rings is 1. The quantitative estimate of drug-likeness (QED) is 0.715. The summed E-state index contributed by atoms with van der Waals surface area (Å²) in [7, 11) is 0. The van der Waals surface area contributed by atoms with Gasteiger partial charge in [0.25, 0.3) is 0 Å². The molecule has 1 atom stereocenters. The molecule has 4 heterocycles. The highest BCUT2D eigenvalue weighted by Gasteiger charge is 2.50. The second-order valence-electron chi connectivity index (χ2n) is 11.0. The molecule has 1 aromatic carbocycles. The lowest BCUT2D eigenvalue weighted by Gasteiger charge is -2.46. The lowest BCUT2D eigenvalue weighted by atomic mass is 9.82. The molecule has 1 amide bonds. The van der Waals surface area contributed by atoms with Crippen molar-refractivity contribution >= 4 is 6.09 Å². The van der Waals surface area contributed by atoms with Crippen molar-refractivity contribution in [2.75, 3.05) is 19.6 Å². The topological polar surface area (TPSA) is 68.6 Å². The van der Waals surface area contributed by atoms with Crippen molar-refractivity contribution in [2.45, 2.75) is 77.2 Å². The summed E-state index contributed by atoms with van der Waals surface area (Å²) in [6.45, 7) is 14.4. The maximum Gasteiger partial charge on any atom is 0.410 e. The van der Waals surface area contributed by atoms with Crippen LogP contribution in [0.2, 0.25) is 0 Å². The van der Waals surface area contributed by atoms with Crippen LogP contribution in [0.1, 0.15) is 64.8 Å². The Morgan fingerprint density at radius 3 is 2.59 bits per heavy atom. The molecule has 2 aromatic rings. The Labute approximate surface area is 190 Å². The molecule has 1 N–H and O–H groups in total. The minimum atomic E-state index is -0.500. The Morgan fingerprint density at radius 1 is 1.25 bits per heavy atom. The molecule has 0 bridgehead atoms. The first-order valence-corrected chi connectivity index (χ1v) is 11.6. The Morgan fingerprint density at radius 2 is 1.97 bits per heavy atom. The fourth-order valence-corrected chi connectivity index (χ4v) is 5.46. The van der Waals surface area contributed by atoms with E-state index in [0.717, 1.165) is 42.9 Å². The summed E-state index contributed by atoms with van der Waals surface area (Å²) >= 11 is 0. The first kappa shape index (κ1) is 21.3. The Balaban J connectivity index is 1.47. The molecule has 32 heavy (non-hydrogen) atoms. The molecular formula is C25H34N4O3. The van der Waals surface area contributed by atoms with Crippen LogP contribution in [0.4, 0.5) is 4.79 Å². The monoisotopic (exact) mass is 438 g/mol. The number of nitrogens with zero attached hydrogens (tertiary/aromatic N) is 3. The molecule has 0 radical (unpaired) electrons.